The second-order valence-corrected chi connectivity index (χ2v) is 5.16. The zero-order valence-corrected chi connectivity index (χ0v) is 12.0. The van der Waals surface area contributed by atoms with Gasteiger partial charge in [-0.15, -0.1) is 5.10 Å². The molecule has 2 aromatic carbocycles. The lowest BCUT2D eigenvalue weighted by atomic mass is 10.1. The van der Waals surface area contributed by atoms with E-state index in [4.69, 9.17) is 0 Å². The minimum absolute atomic E-state index is 0.115. The molecule has 21 heavy (non-hydrogen) atoms. The number of nitrogens with one attached hydrogen (secondary N) is 1. The summed E-state index contributed by atoms with van der Waals surface area (Å²) in [6.45, 7) is 4.16. The first-order valence-electron chi connectivity index (χ1n) is 6.78. The number of fused-ring (bicyclic) bond motifs is 1. The summed E-state index contributed by atoms with van der Waals surface area (Å²) in [7, 11) is 0. The van der Waals surface area contributed by atoms with Crippen LogP contribution in [0.1, 0.15) is 11.1 Å². The van der Waals surface area contributed by atoms with Crippen LogP contribution >= 0.6 is 0 Å². The van der Waals surface area contributed by atoms with Crippen LogP contribution < -0.4 is 5.32 Å². The molecular formula is C16H16N4O. The van der Waals surface area contributed by atoms with Crippen LogP contribution in [0.2, 0.25) is 0 Å². The van der Waals surface area contributed by atoms with Crippen molar-refractivity contribution >= 4 is 22.6 Å². The zero-order chi connectivity index (χ0) is 14.8. The molecule has 106 valence electrons. The first-order chi connectivity index (χ1) is 10.1. The van der Waals surface area contributed by atoms with E-state index < -0.39 is 0 Å². The summed E-state index contributed by atoms with van der Waals surface area (Å²) in [5.41, 5.74) is 4.69. The Morgan fingerprint density at radius 2 is 1.86 bits per heavy atom. The molecule has 1 heterocycles. The molecule has 0 unspecified atom stereocenters. The molecule has 0 fully saturated rings. The smallest absolute Gasteiger partial charge is 0.246 e. The van der Waals surface area contributed by atoms with Gasteiger partial charge in [0.1, 0.15) is 12.1 Å². The van der Waals surface area contributed by atoms with E-state index in [1.807, 2.05) is 50.2 Å². The second-order valence-electron chi connectivity index (χ2n) is 5.16. The van der Waals surface area contributed by atoms with E-state index in [0.717, 1.165) is 27.8 Å². The first kappa shape index (κ1) is 13.3. The molecule has 0 atom stereocenters. The van der Waals surface area contributed by atoms with E-state index in [-0.39, 0.29) is 12.5 Å². The minimum atomic E-state index is -0.115. The lowest BCUT2D eigenvalue weighted by Gasteiger charge is -2.07. The number of para-hydroxylation sites is 1. The number of anilines is 1. The lowest BCUT2D eigenvalue weighted by molar-refractivity contribution is -0.116. The molecule has 1 N–H and O–H groups in total. The van der Waals surface area contributed by atoms with Crippen LogP contribution in [0.25, 0.3) is 11.0 Å². The van der Waals surface area contributed by atoms with Crippen LogP contribution in [0, 0.1) is 13.8 Å². The summed E-state index contributed by atoms with van der Waals surface area (Å²) in [5.74, 6) is -0.115. The SMILES string of the molecule is Cc1cc(C)cc(NC(=O)Cn2nnc3ccccc32)c1. The Hall–Kier alpha value is -2.69. The van der Waals surface area contributed by atoms with Crippen molar-refractivity contribution in [1.29, 1.82) is 0 Å². The van der Waals surface area contributed by atoms with Gasteiger partial charge in [-0.1, -0.05) is 23.4 Å². The van der Waals surface area contributed by atoms with Crippen molar-refractivity contribution in [1.82, 2.24) is 15.0 Å². The quantitative estimate of drug-likeness (QED) is 0.802. The maximum absolute atomic E-state index is 12.1. The van der Waals surface area contributed by atoms with Gasteiger partial charge >= 0.3 is 0 Å². The van der Waals surface area contributed by atoms with E-state index in [9.17, 15) is 4.79 Å². The molecule has 0 bridgehead atoms. The van der Waals surface area contributed by atoms with E-state index in [2.05, 4.69) is 21.7 Å². The van der Waals surface area contributed by atoms with Gasteiger partial charge in [-0.2, -0.15) is 0 Å². The Morgan fingerprint density at radius 1 is 1.14 bits per heavy atom. The summed E-state index contributed by atoms with van der Waals surface area (Å²) >= 11 is 0. The van der Waals surface area contributed by atoms with E-state index in [1.165, 1.54) is 0 Å². The van der Waals surface area contributed by atoms with Crippen molar-refractivity contribution < 1.29 is 4.79 Å². The number of aromatic nitrogens is 3. The maximum atomic E-state index is 12.1. The monoisotopic (exact) mass is 280 g/mol. The largest absolute Gasteiger partial charge is 0.324 e. The highest BCUT2D eigenvalue weighted by atomic mass is 16.2. The number of nitrogens with zero attached hydrogens (tertiary/aromatic N) is 3. The Kier molecular flexibility index (Phi) is 3.39. The summed E-state index contributed by atoms with van der Waals surface area (Å²) in [5, 5.41) is 11.0. The van der Waals surface area contributed by atoms with Crippen LogP contribution in [-0.2, 0) is 11.3 Å². The fourth-order valence-corrected chi connectivity index (χ4v) is 2.42. The molecule has 3 rings (SSSR count). The van der Waals surface area contributed by atoms with Crippen molar-refractivity contribution in [2.24, 2.45) is 0 Å². The third kappa shape index (κ3) is 2.91. The van der Waals surface area contributed by atoms with Gasteiger partial charge in [-0.3, -0.25) is 4.79 Å². The van der Waals surface area contributed by atoms with Crippen LogP contribution in [0.3, 0.4) is 0 Å². The summed E-state index contributed by atoms with van der Waals surface area (Å²) in [6.07, 6.45) is 0. The Bertz CT molecular complexity index is 787. The highest BCUT2D eigenvalue weighted by molar-refractivity contribution is 5.91. The topological polar surface area (TPSA) is 59.8 Å². The van der Waals surface area contributed by atoms with E-state index in [0.29, 0.717) is 0 Å². The average Bonchev–Trinajstić information content (AvgIpc) is 2.81. The minimum Gasteiger partial charge on any atom is -0.324 e. The Labute approximate surface area is 122 Å². The fraction of sp³-hybridized carbons (Fsp3) is 0.188. The molecule has 1 aromatic heterocycles. The number of hydrogen-bond acceptors (Lipinski definition) is 3. The highest BCUT2D eigenvalue weighted by Crippen LogP contribution is 2.14. The molecule has 0 saturated heterocycles. The van der Waals surface area contributed by atoms with Gasteiger partial charge in [-0.25, -0.2) is 4.68 Å². The normalized spacial score (nSPS) is 10.8. The molecule has 0 aliphatic heterocycles. The maximum Gasteiger partial charge on any atom is 0.246 e. The van der Waals surface area contributed by atoms with E-state index >= 15 is 0 Å². The van der Waals surface area contributed by atoms with Crippen molar-refractivity contribution in [3.63, 3.8) is 0 Å². The van der Waals surface area contributed by atoms with Crippen LogP contribution in [0.15, 0.2) is 42.5 Å². The zero-order valence-electron chi connectivity index (χ0n) is 12.0. The van der Waals surface area contributed by atoms with Crippen LogP contribution in [-0.4, -0.2) is 20.9 Å². The number of aryl methyl sites for hydroxylation is 2. The highest BCUT2D eigenvalue weighted by Gasteiger charge is 2.09. The third-order valence-electron chi connectivity index (χ3n) is 3.22. The molecule has 0 saturated carbocycles. The Morgan fingerprint density at radius 3 is 2.62 bits per heavy atom. The van der Waals surface area contributed by atoms with E-state index in [1.54, 1.807) is 4.68 Å². The molecule has 5 heteroatoms. The first-order valence-corrected chi connectivity index (χ1v) is 6.78. The molecule has 3 aromatic rings. The Balaban J connectivity index is 1.77. The molecule has 0 aliphatic carbocycles. The predicted molar refractivity (Wildman–Crippen MR) is 82.1 cm³/mol. The predicted octanol–water partition coefficient (Wildman–Crippen LogP) is 2.69. The second kappa shape index (κ2) is 5.36. The number of benzene rings is 2. The summed E-state index contributed by atoms with van der Waals surface area (Å²) in [6, 6.07) is 13.6. The lowest BCUT2D eigenvalue weighted by Crippen LogP contribution is -2.19. The fourth-order valence-electron chi connectivity index (χ4n) is 2.42. The summed E-state index contributed by atoms with van der Waals surface area (Å²) < 4.78 is 1.60. The van der Waals surface area contributed by atoms with Crippen LogP contribution in [0.4, 0.5) is 5.69 Å². The standard InChI is InChI=1S/C16H16N4O/c1-11-7-12(2)9-13(8-11)17-16(21)10-20-15-6-4-3-5-14(15)18-19-20/h3-9H,10H2,1-2H3,(H,17,21). The number of carbonyl (C=O) groups is 1. The van der Waals surface area contributed by atoms with Gasteiger partial charge in [0.25, 0.3) is 0 Å². The summed E-state index contributed by atoms with van der Waals surface area (Å²) in [4.78, 5) is 12.1. The average molecular weight is 280 g/mol. The van der Waals surface area contributed by atoms with Gasteiger partial charge in [0, 0.05) is 5.69 Å². The van der Waals surface area contributed by atoms with Crippen LogP contribution in [0.5, 0.6) is 0 Å². The van der Waals surface area contributed by atoms with Gasteiger partial charge in [0.15, 0.2) is 0 Å². The van der Waals surface area contributed by atoms with Crippen molar-refractivity contribution in [3.05, 3.63) is 53.6 Å². The van der Waals surface area contributed by atoms with Gasteiger partial charge in [-0.05, 0) is 49.2 Å². The molecular weight excluding hydrogens is 264 g/mol. The number of carbonyl (C=O) groups excluding carboxylic acids is 1. The third-order valence-corrected chi connectivity index (χ3v) is 3.22. The molecule has 1 amide bonds. The molecule has 5 nitrogen and oxygen atoms in total. The van der Waals surface area contributed by atoms with Crippen molar-refractivity contribution in [2.45, 2.75) is 20.4 Å². The van der Waals surface area contributed by atoms with Gasteiger partial charge < -0.3 is 5.32 Å². The van der Waals surface area contributed by atoms with Crippen molar-refractivity contribution in [2.75, 3.05) is 5.32 Å². The molecule has 0 radical (unpaired) electrons. The van der Waals surface area contributed by atoms with Crippen molar-refractivity contribution in [3.8, 4) is 0 Å². The number of hydrogen-bond donors (Lipinski definition) is 1. The molecule has 0 aliphatic rings. The number of rotatable bonds is 3. The van der Waals surface area contributed by atoms with Gasteiger partial charge in [0.05, 0.1) is 5.52 Å². The molecule has 0 spiro atoms. The van der Waals surface area contributed by atoms with Gasteiger partial charge in [0.2, 0.25) is 5.91 Å². The number of amides is 1.